The van der Waals surface area contributed by atoms with Gasteiger partial charge >= 0.3 is 0 Å². The van der Waals surface area contributed by atoms with Crippen LogP contribution in [0.25, 0.3) is 0 Å². The first-order valence-corrected chi connectivity index (χ1v) is 11.4. The molecule has 1 saturated heterocycles. The van der Waals surface area contributed by atoms with E-state index < -0.39 is 0 Å². The van der Waals surface area contributed by atoms with Crippen molar-refractivity contribution < 1.29 is 9.59 Å². The molecule has 160 valence electrons. The van der Waals surface area contributed by atoms with Gasteiger partial charge in [0.1, 0.15) is 0 Å². The van der Waals surface area contributed by atoms with Gasteiger partial charge in [0.05, 0.1) is 5.56 Å². The number of carbonyl (C=O) groups is 2. The van der Waals surface area contributed by atoms with Crippen molar-refractivity contribution in [1.82, 2.24) is 5.32 Å². The van der Waals surface area contributed by atoms with Crippen LogP contribution in [0, 0.1) is 11.8 Å². The number of anilines is 2. The Morgan fingerprint density at radius 1 is 1.07 bits per heavy atom. The Kier molecular flexibility index (Phi) is 7.53. The molecule has 0 radical (unpaired) electrons. The number of amides is 2. The van der Waals surface area contributed by atoms with Gasteiger partial charge in [-0.05, 0) is 67.1 Å². The summed E-state index contributed by atoms with van der Waals surface area (Å²) in [7, 11) is 0. The third kappa shape index (κ3) is 5.85. The highest BCUT2D eigenvalue weighted by molar-refractivity contribution is 9.10. The van der Waals surface area contributed by atoms with Crippen molar-refractivity contribution in [3.8, 4) is 0 Å². The van der Waals surface area contributed by atoms with Crippen molar-refractivity contribution >= 4 is 39.1 Å². The van der Waals surface area contributed by atoms with E-state index in [9.17, 15) is 9.59 Å². The van der Waals surface area contributed by atoms with Crippen molar-refractivity contribution in [1.29, 1.82) is 0 Å². The molecular formula is C24H30BrN3O2. The molecule has 2 N–H and O–H groups in total. The Hall–Kier alpha value is -2.34. The lowest BCUT2D eigenvalue weighted by Gasteiger charge is -2.33. The van der Waals surface area contributed by atoms with E-state index in [0.717, 1.165) is 36.1 Å². The van der Waals surface area contributed by atoms with Crippen molar-refractivity contribution in [3.05, 3.63) is 58.1 Å². The van der Waals surface area contributed by atoms with Crippen LogP contribution in [-0.2, 0) is 0 Å². The molecule has 1 aliphatic heterocycles. The normalized spacial score (nSPS) is 14.6. The highest BCUT2D eigenvalue weighted by Gasteiger charge is 2.22. The average molecular weight is 472 g/mol. The molecule has 30 heavy (non-hydrogen) atoms. The van der Waals surface area contributed by atoms with Crippen LogP contribution in [0.15, 0.2) is 46.9 Å². The summed E-state index contributed by atoms with van der Waals surface area (Å²) >= 11 is 3.38. The van der Waals surface area contributed by atoms with Gasteiger partial charge in [-0.3, -0.25) is 9.59 Å². The summed E-state index contributed by atoms with van der Waals surface area (Å²) in [5.74, 6) is 0.783. The van der Waals surface area contributed by atoms with Gasteiger partial charge in [-0.2, -0.15) is 0 Å². The maximum absolute atomic E-state index is 13.0. The zero-order valence-corrected chi connectivity index (χ0v) is 19.5. The molecule has 0 aromatic heterocycles. The number of nitrogens with one attached hydrogen (secondary N) is 2. The van der Waals surface area contributed by atoms with Gasteiger partial charge in [0.2, 0.25) is 0 Å². The molecule has 1 fully saturated rings. The Morgan fingerprint density at radius 3 is 2.37 bits per heavy atom. The van der Waals surface area contributed by atoms with Gasteiger partial charge in [0, 0.05) is 41.0 Å². The molecule has 0 saturated carbocycles. The fourth-order valence-corrected chi connectivity index (χ4v) is 3.78. The number of piperidine rings is 1. The smallest absolute Gasteiger partial charge is 0.255 e. The van der Waals surface area contributed by atoms with Crippen LogP contribution in [0.4, 0.5) is 11.4 Å². The third-order valence-corrected chi connectivity index (χ3v) is 5.93. The molecule has 0 bridgehead atoms. The fourth-order valence-electron chi connectivity index (χ4n) is 3.52. The zero-order chi connectivity index (χ0) is 21.7. The minimum atomic E-state index is -0.199. The quantitative estimate of drug-likeness (QED) is 0.598. The number of hydrogen-bond donors (Lipinski definition) is 2. The Labute approximate surface area is 187 Å². The first kappa shape index (κ1) is 22.3. The predicted octanol–water partition coefficient (Wildman–Crippen LogP) is 5.32. The third-order valence-electron chi connectivity index (χ3n) is 5.40. The van der Waals surface area contributed by atoms with E-state index in [1.54, 1.807) is 18.2 Å². The molecule has 3 rings (SSSR count). The first-order chi connectivity index (χ1) is 14.3. The molecule has 0 spiro atoms. The predicted molar refractivity (Wildman–Crippen MR) is 126 cm³/mol. The highest BCUT2D eigenvalue weighted by Crippen LogP contribution is 2.29. The summed E-state index contributed by atoms with van der Waals surface area (Å²) in [5.41, 5.74) is 2.73. The van der Waals surface area contributed by atoms with Crippen molar-refractivity contribution in [2.45, 2.75) is 33.6 Å². The van der Waals surface area contributed by atoms with E-state index in [2.05, 4.69) is 52.2 Å². The fraction of sp³-hybridized carbons (Fsp3) is 0.417. The van der Waals surface area contributed by atoms with Gasteiger partial charge in [-0.1, -0.05) is 36.7 Å². The maximum atomic E-state index is 13.0. The Bertz CT molecular complexity index is 888. The standard InChI is InChI=1S/C24H30BrN3O2/c1-16(2)15-26-24(30)21-14-20(27-23(29)18-4-6-19(25)7-5-18)8-9-22(21)28-12-10-17(3)11-13-28/h4-9,14,16-17H,10-13,15H2,1-3H3,(H,26,30)(H,27,29). The van der Waals surface area contributed by atoms with Gasteiger partial charge < -0.3 is 15.5 Å². The summed E-state index contributed by atoms with van der Waals surface area (Å²) in [6.07, 6.45) is 2.24. The van der Waals surface area contributed by atoms with Crippen LogP contribution in [0.5, 0.6) is 0 Å². The van der Waals surface area contributed by atoms with Crippen LogP contribution in [-0.4, -0.2) is 31.4 Å². The van der Waals surface area contributed by atoms with E-state index in [1.807, 2.05) is 24.3 Å². The summed E-state index contributed by atoms with van der Waals surface area (Å²) in [4.78, 5) is 27.9. The summed E-state index contributed by atoms with van der Waals surface area (Å²) in [5, 5.41) is 5.94. The average Bonchev–Trinajstić information content (AvgIpc) is 2.73. The molecular weight excluding hydrogens is 442 g/mol. The first-order valence-electron chi connectivity index (χ1n) is 10.6. The molecule has 0 aliphatic carbocycles. The second kappa shape index (κ2) is 10.1. The molecule has 2 aromatic rings. The molecule has 1 heterocycles. The van der Waals surface area contributed by atoms with Gasteiger partial charge in [0.15, 0.2) is 0 Å². The molecule has 2 aromatic carbocycles. The Balaban J connectivity index is 1.84. The second-order valence-corrected chi connectivity index (χ2v) is 9.38. The summed E-state index contributed by atoms with van der Waals surface area (Å²) < 4.78 is 0.920. The number of nitrogens with zero attached hydrogens (tertiary/aromatic N) is 1. The number of rotatable bonds is 6. The molecule has 0 unspecified atom stereocenters. The molecule has 6 heteroatoms. The Morgan fingerprint density at radius 2 is 1.73 bits per heavy atom. The van der Waals surface area contributed by atoms with E-state index in [4.69, 9.17) is 0 Å². The maximum Gasteiger partial charge on any atom is 0.255 e. The van der Waals surface area contributed by atoms with E-state index in [1.165, 1.54) is 0 Å². The summed E-state index contributed by atoms with van der Waals surface area (Å²) in [6.45, 7) is 8.91. The van der Waals surface area contributed by atoms with Crippen LogP contribution in [0.1, 0.15) is 54.3 Å². The largest absolute Gasteiger partial charge is 0.371 e. The van der Waals surface area contributed by atoms with Gasteiger partial charge in [0.25, 0.3) is 11.8 Å². The van der Waals surface area contributed by atoms with Crippen molar-refractivity contribution in [2.75, 3.05) is 29.9 Å². The topological polar surface area (TPSA) is 61.4 Å². The number of carbonyl (C=O) groups excluding carboxylic acids is 2. The number of benzene rings is 2. The number of hydrogen-bond acceptors (Lipinski definition) is 3. The van der Waals surface area contributed by atoms with E-state index >= 15 is 0 Å². The van der Waals surface area contributed by atoms with Gasteiger partial charge in [-0.25, -0.2) is 0 Å². The van der Waals surface area contributed by atoms with E-state index in [-0.39, 0.29) is 11.8 Å². The van der Waals surface area contributed by atoms with Crippen LogP contribution < -0.4 is 15.5 Å². The highest BCUT2D eigenvalue weighted by atomic mass is 79.9. The van der Waals surface area contributed by atoms with Crippen LogP contribution in [0.2, 0.25) is 0 Å². The number of halogens is 1. The minimum Gasteiger partial charge on any atom is -0.371 e. The lowest BCUT2D eigenvalue weighted by atomic mass is 9.97. The zero-order valence-electron chi connectivity index (χ0n) is 17.9. The monoisotopic (exact) mass is 471 g/mol. The SMILES string of the molecule is CC(C)CNC(=O)c1cc(NC(=O)c2ccc(Br)cc2)ccc1N1CCC(C)CC1. The second-order valence-electron chi connectivity index (χ2n) is 8.47. The van der Waals surface area contributed by atoms with Crippen LogP contribution >= 0.6 is 15.9 Å². The van der Waals surface area contributed by atoms with Gasteiger partial charge in [-0.15, -0.1) is 0 Å². The lowest BCUT2D eigenvalue weighted by molar-refractivity contribution is 0.0948. The molecule has 0 atom stereocenters. The van der Waals surface area contributed by atoms with Crippen molar-refractivity contribution in [2.24, 2.45) is 11.8 Å². The van der Waals surface area contributed by atoms with Crippen molar-refractivity contribution in [3.63, 3.8) is 0 Å². The molecule has 1 aliphatic rings. The lowest BCUT2D eigenvalue weighted by Crippen LogP contribution is -2.35. The summed E-state index contributed by atoms with van der Waals surface area (Å²) in [6, 6.07) is 12.8. The van der Waals surface area contributed by atoms with E-state index in [0.29, 0.717) is 35.2 Å². The van der Waals surface area contributed by atoms with Crippen LogP contribution in [0.3, 0.4) is 0 Å². The minimum absolute atomic E-state index is 0.0999. The molecule has 2 amide bonds. The molecule has 5 nitrogen and oxygen atoms in total.